The molecular weight excluding hydrogens is 348 g/mol. The number of carboxylic acid groups (broad SMARTS) is 1. The molecule has 0 radical (unpaired) electrons. The van der Waals surface area contributed by atoms with Crippen molar-refractivity contribution in [3.8, 4) is 11.5 Å². The number of aliphatic carboxylic acids is 1. The molecule has 0 aromatic carbocycles. The van der Waals surface area contributed by atoms with Crippen LogP contribution in [0.1, 0.15) is 37.2 Å². The molecule has 0 aliphatic rings. The average Bonchev–Trinajstić information content (AvgIpc) is 3.29. The Labute approximate surface area is 156 Å². The molecule has 3 aromatic rings. The molecule has 0 aliphatic heterocycles. The van der Waals surface area contributed by atoms with Crippen molar-refractivity contribution in [1.82, 2.24) is 19.7 Å². The lowest BCUT2D eigenvalue weighted by Gasteiger charge is -2.20. The smallest absolute Gasteiger partial charge is 0.308 e. The van der Waals surface area contributed by atoms with Gasteiger partial charge in [-0.25, -0.2) is 9.67 Å². The SMILES string of the molecule is CC(CN(C)C(=O)c1cc(-c2ccco2)nc2c1cnn2C(C)C)C(=O)O. The van der Waals surface area contributed by atoms with Crippen LogP contribution in [0.5, 0.6) is 0 Å². The van der Waals surface area contributed by atoms with Gasteiger partial charge >= 0.3 is 5.97 Å². The number of hydrogen-bond acceptors (Lipinski definition) is 5. The number of aromatic nitrogens is 3. The van der Waals surface area contributed by atoms with Crippen LogP contribution in [0.3, 0.4) is 0 Å². The van der Waals surface area contributed by atoms with E-state index < -0.39 is 11.9 Å². The Morgan fingerprint density at radius 1 is 1.33 bits per heavy atom. The summed E-state index contributed by atoms with van der Waals surface area (Å²) in [4.78, 5) is 30.2. The highest BCUT2D eigenvalue weighted by atomic mass is 16.4. The lowest BCUT2D eigenvalue weighted by Crippen LogP contribution is -2.33. The molecule has 1 N–H and O–H groups in total. The quantitative estimate of drug-likeness (QED) is 0.715. The van der Waals surface area contributed by atoms with Crippen LogP contribution < -0.4 is 0 Å². The lowest BCUT2D eigenvalue weighted by molar-refractivity contribution is -0.141. The number of furan rings is 1. The Kier molecular flexibility index (Phi) is 4.98. The Morgan fingerprint density at radius 3 is 2.67 bits per heavy atom. The van der Waals surface area contributed by atoms with E-state index in [9.17, 15) is 9.59 Å². The van der Waals surface area contributed by atoms with Crippen molar-refractivity contribution >= 4 is 22.9 Å². The molecule has 8 heteroatoms. The van der Waals surface area contributed by atoms with Gasteiger partial charge in [0.05, 0.1) is 29.3 Å². The highest BCUT2D eigenvalue weighted by Gasteiger charge is 2.23. The molecule has 3 heterocycles. The second-order valence-electron chi connectivity index (χ2n) is 6.88. The molecule has 1 atom stereocenters. The number of carbonyl (C=O) groups is 2. The second kappa shape index (κ2) is 7.22. The first-order valence-electron chi connectivity index (χ1n) is 8.70. The summed E-state index contributed by atoms with van der Waals surface area (Å²) in [6, 6.07) is 5.25. The molecule has 3 aromatic heterocycles. The number of amides is 1. The van der Waals surface area contributed by atoms with Crippen molar-refractivity contribution in [2.75, 3.05) is 13.6 Å². The second-order valence-corrected chi connectivity index (χ2v) is 6.88. The van der Waals surface area contributed by atoms with Crippen LogP contribution in [0.15, 0.2) is 35.1 Å². The summed E-state index contributed by atoms with van der Waals surface area (Å²) >= 11 is 0. The summed E-state index contributed by atoms with van der Waals surface area (Å²) in [5.74, 6) is -1.35. The molecule has 8 nitrogen and oxygen atoms in total. The highest BCUT2D eigenvalue weighted by molar-refractivity contribution is 6.06. The van der Waals surface area contributed by atoms with E-state index in [1.165, 1.54) is 4.90 Å². The molecule has 0 aliphatic carbocycles. The number of hydrogen-bond donors (Lipinski definition) is 1. The summed E-state index contributed by atoms with van der Waals surface area (Å²) in [5, 5.41) is 14.1. The average molecular weight is 370 g/mol. The number of carbonyl (C=O) groups excluding carboxylic acids is 1. The van der Waals surface area contributed by atoms with Crippen molar-refractivity contribution in [1.29, 1.82) is 0 Å². The molecule has 0 saturated heterocycles. The lowest BCUT2D eigenvalue weighted by atomic mass is 10.1. The van der Waals surface area contributed by atoms with E-state index in [1.54, 1.807) is 49.3 Å². The largest absolute Gasteiger partial charge is 0.481 e. The van der Waals surface area contributed by atoms with Crippen LogP contribution in [0.2, 0.25) is 0 Å². The fourth-order valence-electron chi connectivity index (χ4n) is 2.90. The zero-order chi connectivity index (χ0) is 19.7. The Bertz CT molecular complexity index is 975. The Morgan fingerprint density at radius 2 is 2.07 bits per heavy atom. The number of rotatable bonds is 6. The first kappa shape index (κ1) is 18.6. The molecule has 1 amide bonds. The van der Waals surface area contributed by atoms with Crippen LogP contribution in [-0.2, 0) is 4.79 Å². The summed E-state index contributed by atoms with van der Waals surface area (Å²) in [7, 11) is 1.59. The van der Waals surface area contributed by atoms with Gasteiger partial charge in [0.15, 0.2) is 11.4 Å². The van der Waals surface area contributed by atoms with Crippen LogP contribution in [0.25, 0.3) is 22.5 Å². The minimum absolute atomic E-state index is 0.0644. The van der Waals surface area contributed by atoms with Gasteiger partial charge in [-0.05, 0) is 32.0 Å². The maximum absolute atomic E-state index is 13.1. The van der Waals surface area contributed by atoms with Gasteiger partial charge in [0.1, 0.15) is 5.69 Å². The van der Waals surface area contributed by atoms with Gasteiger partial charge in [-0.1, -0.05) is 6.92 Å². The summed E-state index contributed by atoms with van der Waals surface area (Å²) in [6.45, 7) is 5.64. The minimum atomic E-state index is -0.946. The number of fused-ring (bicyclic) bond motifs is 1. The third-order valence-corrected chi connectivity index (χ3v) is 4.38. The maximum Gasteiger partial charge on any atom is 0.308 e. The van der Waals surface area contributed by atoms with E-state index in [0.717, 1.165) is 0 Å². The minimum Gasteiger partial charge on any atom is -0.481 e. The third kappa shape index (κ3) is 3.55. The molecule has 3 rings (SSSR count). The van der Waals surface area contributed by atoms with Gasteiger partial charge in [-0.3, -0.25) is 9.59 Å². The predicted molar refractivity (Wildman–Crippen MR) is 99.4 cm³/mol. The summed E-state index contributed by atoms with van der Waals surface area (Å²) in [6.07, 6.45) is 3.17. The van der Waals surface area contributed by atoms with E-state index >= 15 is 0 Å². The van der Waals surface area contributed by atoms with Crippen LogP contribution in [0, 0.1) is 5.92 Å². The van der Waals surface area contributed by atoms with Crippen LogP contribution >= 0.6 is 0 Å². The van der Waals surface area contributed by atoms with Gasteiger partial charge in [-0.2, -0.15) is 5.10 Å². The summed E-state index contributed by atoms with van der Waals surface area (Å²) < 4.78 is 7.19. The van der Waals surface area contributed by atoms with Crippen molar-refractivity contribution in [3.05, 3.63) is 36.2 Å². The molecule has 27 heavy (non-hydrogen) atoms. The number of carboxylic acids is 1. The van der Waals surface area contributed by atoms with Crippen molar-refractivity contribution < 1.29 is 19.1 Å². The van der Waals surface area contributed by atoms with Gasteiger partial charge in [-0.15, -0.1) is 0 Å². The van der Waals surface area contributed by atoms with Crippen LogP contribution in [0.4, 0.5) is 0 Å². The molecule has 1 unspecified atom stereocenters. The molecule has 0 bridgehead atoms. The van der Waals surface area contributed by atoms with E-state index in [4.69, 9.17) is 9.52 Å². The number of nitrogens with zero attached hydrogens (tertiary/aromatic N) is 4. The van der Waals surface area contributed by atoms with Crippen molar-refractivity contribution in [2.24, 2.45) is 5.92 Å². The van der Waals surface area contributed by atoms with Gasteiger partial charge in [0, 0.05) is 19.6 Å². The molecule has 0 fully saturated rings. The summed E-state index contributed by atoms with van der Waals surface area (Å²) in [5.41, 5.74) is 1.53. The van der Waals surface area contributed by atoms with Gasteiger partial charge in [0.25, 0.3) is 5.91 Å². The van der Waals surface area contributed by atoms with Gasteiger partial charge < -0.3 is 14.4 Å². The predicted octanol–water partition coefficient (Wildman–Crippen LogP) is 3.06. The normalized spacial score (nSPS) is 12.5. The van der Waals surface area contributed by atoms with E-state index in [-0.39, 0.29) is 18.5 Å². The monoisotopic (exact) mass is 370 g/mol. The first-order valence-corrected chi connectivity index (χ1v) is 8.70. The number of pyridine rings is 1. The van der Waals surface area contributed by atoms with Crippen LogP contribution in [-0.4, -0.2) is 50.2 Å². The fraction of sp³-hybridized carbons (Fsp3) is 0.368. The highest BCUT2D eigenvalue weighted by Crippen LogP contribution is 2.27. The van der Waals surface area contributed by atoms with Gasteiger partial charge in [0.2, 0.25) is 0 Å². The topological polar surface area (TPSA) is 101 Å². The molecule has 142 valence electrons. The van der Waals surface area contributed by atoms with Crippen molar-refractivity contribution in [2.45, 2.75) is 26.8 Å². The maximum atomic E-state index is 13.1. The van der Waals surface area contributed by atoms with E-state index in [0.29, 0.717) is 28.1 Å². The van der Waals surface area contributed by atoms with E-state index in [1.807, 2.05) is 13.8 Å². The fourth-order valence-corrected chi connectivity index (χ4v) is 2.90. The standard InChI is InChI=1S/C19H22N4O4/c1-11(2)23-17-14(9-20-23)13(8-15(21-17)16-6-5-7-27-16)18(24)22(4)10-12(3)19(25)26/h5-9,11-12H,10H2,1-4H3,(H,25,26). The zero-order valence-electron chi connectivity index (χ0n) is 15.7. The van der Waals surface area contributed by atoms with E-state index in [2.05, 4.69) is 10.1 Å². The zero-order valence-corrected chi connectivity index (χ0v) is 15.7. The molecule has 0 spiro atoms. The Hall–Kier alpha value is -3.16. The Balaban J connectivity index is 2.10. The third-order valence-electron chi connectivity index (χ3n) is 4.38. The molecule has 0 saturated carbocycles. The molecular formula is C19H22N4O4. The first-order chi connectivity index (χ1) is 12.8. The van der Waals surface area contributed by atoms with Crippen molar-refractivity contribution in [3.63, 3.8) is 0 Å².